The van der Waals surface area contributed by atoms with E-state index in [9.17, 15) is 24.4 Å². The molecule has 1 aromatic heterocycles. The molecule has 4 aromatic rings. The number of benzene rings is 3. The number of ether oxygens (including phenoxy) is 3. The number of anilines is 2. The van der Waals surface area contributed by atoms with Crippen LogP contribution in [0.1, 0.15) is 66.0 Å². The Morgan fingerprint density at radius 3 is 2.44 bits per heavy atom. The molecule has 14 heteroatoms. The molecule has 2 heterocycles. The third-order valence-corrected chi connectivity index (χ3v) is 10.8. The van der Waals surface area contributed by atoms with E-state index in [2.05, 4.69) is 22.0 Å². The average molecular weight is 782 g/mol. The van der Waals surface area contributed by atoms with Crippen LogP contribution in [-0.2, 0) is 27.3 Å². The SMILES string of the molecule is CCC(Sc1cccc(NC(=O)/C(=C\c2cc(OC)ccc2OC)NC(=O)c2ccccc2)c1)C(=O)Nc1sc2c(c1C#N)CCN(C(=O)OC(C)(C)C)C2. The van der Waals surface area contributed by atoms with Gasteiger partial charge in [0.2, 0.25) is 5.91 Å². The minimum atomic E-state index is -0.631. The first kappa shape index (κ1) is 40.4. The van der Waals surface area contributed by atoms with E-state index in [0.29, 0.717) is 69.7 Å². The molecule has 0 saturated heterocycles. The van der Waals surface area contributed by atoms with Gasteiger partial charge in [-0.2, -0.15) is 5.26 Å². The number of hydrogen-bond donors (Lipinski definition) is 3. The summed E-state index contributed by atoms with van der Waals surface area (Å²) in [5.74, 6) is -0.335. The van der Waals surface area contributed by atoms with Crippen LogP contribution >= 0.6 is 23.1 Å². The molecule has 5 rings (SSSR count). The van der Waals surface area contributed by atoms with Gasteiger partial charge in [0.1, 0.15) is 33.9 Å². The zero-order chi connectivity index (χ0) is 39.7. The number of fused-ring (bicyclic) bond motifs is 1. The van der Waals surface area contributed by atoms with Crippen LogP contribution in [0.15, 0.2) is 83.4 Å². The van der Waals surface area contributed by atoms with Gasteiger partial charge in [0.15, 0.2) is 0 Å². The summed E-state index contributed by atoms with van der Waals surface area (Å²) in [7, 11) is 3.03. The van der Waals surface area contributed by atoms with E-state index in [0.717, 1.165) is 10.4 Å². The second-order valence-corrected chi connectivity index (χ2v) is 15.8. The Morgan fingerprint density at radius 2 is 1.76 bits per heavy atom. The Morgan fingerprint density at radius 1 is 1.00 bits per heavy atom. The van der Waals surface area contributed by atoms with Crippen LogP contribution in [0, 0.1) is 11.3 Å². The van der Waals surface area contributed by atoms with Gasteiger partial charge in [0, 0.05) is 33.1 Å². The van der Waals surface area contributed by atoms with Gasteiger partial charge in [-0.05, 0) is 93.8 Å². The maximum Gasteiger partial charge on any atom is 0.410 e. The average Bonchev–Trinajstić information content (AvgIpc) is 3.52. The van der Waals surface area contributed by atoms with Crippen molar-refractivity contribution in [3.8, 4) is 17.6 Å². The predicted octanol–water partition coefficient (Wildman–Crippen LogP) is 7.85. The molecule has 0 spiro atoms. The van der Waals surface area contributed by atoms with Gasteiger partial charge in [-0.15, -0.1) is 23.1 Å². The van der Waals surface area contributed by atoms with Crippen molar-refractivity contribution < 1.29 is 33.4 Å². The monoisotopic (exact) mass is 781 g/mol. The number of nitrogens with one attached hydrogen (secondary N) is 3. The molecule has 286 valence electrons. The van der Waals surface area contributed by atoms with Crippen molar-refractivity contribution in [3.63, 3.8) is 0 Å². The number of thioether (sulfide) groups is 1. The number of nitriles is 1. The summed E-state index contributed by atoms with van der Waals surface area (Å²) in [5.41, 5.74) is 1.90. The molecule has 12 nitrogen and oxygen atoms in total. The Balaban J connectivity index is 1.31. The van der Waals surface area contributed by atoms with Crippen molar-refractivity contribution >= 4 is 63.7 Å². The minimum Gasteiger partial charge on any atom is -0.497 e. The molecule has 55 heavy (non-hydrogen) atoms. The number of thiophene rings is 1. The molecule has 1 aliphatic rings. The number of amides is 4. The quantitative estimate of drug-likeness (QED) is 0.0962. The minimum absolute atomic E-state index is 0.0366. The smallest absolute Gasteiger partial charge is 0.410 e. The van der Waals surface area contributed by atoms with E-state index < -0.39 is 28.8 Å². The van der Waals surface area contributed by atoms with E-state index in [1.807, 2.05) is 33.8 Å². The van der Waals surface area contributed by atoms with E-state index in [-0.39, 0.29) is 11.6 Å². The summed E-state index contributed by atoms with van der Waals surface area (Å²) >= 11 is 2.61. The number of nitrogens with zero attached hydrogens (tertiary/aromatic N) is 2. The summed E-state index contributed by atoms with van der Waals surface area (Å²) in [6.07, 6.45) is 2.06. The lowest BCUT2D eigenvalue weighted by Crippen LogP contribution is -2.39. The van der Waals surface area contributed by atoms with Gasteiger partial charge < -0.3 is 35.1 Å². The highest BCUT2D eigenvalue weighted by atomic mass is 32.2. The lowest BCUT2D eigenvalue weighted by molar-refractivity contribution is -0.116. The Bertz CT molecular complexity index is 2140. The van der Waals surface area contributed by atoms with E-state index >= 15 is 0 Å². The second-order valence-electron chi connectivity index (χ2n) is 13.4. The number of methoxy groups -OCH3 is 2. The molecule has 3 aromatic carbocycles. The molecule has 0 aliphatic carbocycles. The Kier molecular flexibility index (Phi) is 13.2. The fourth-order valence-electron chi connectivity index (χ4n) is 5.67. The molecule has 4 amide bonds. The van der Waals surface area contributed by atoms with Crippen molar-refractivity contribution in [1.29, 1.82) is 5.26 Å². The van der Waals surface area contributed by atoms with Crippen molar-refractivity contribution in [2.45, 2.75) is 62.8 Å². The fraction of sp³-hybridized carbons (Fsp3) is 0.293. The standard InChI is InChI=1S/C41H43N5O7S2/c1-7-34(38(49)45-39-31(23-42)30-18-19-46(24-35(30)55-39)40(50)53-41(2,3)4)54-29-15-11-14-27(22-29)43-37(48)32(44-36(47)25-12-9-8-10-13-25)21-26-20-28(51-5)16-17-33(26)52-6/h8-17,20-22,34H,7,18-19,24H2,1-6H3,(H,43,48)(H,44,47)(H,45,49)/b32-21+. The van der Waals surface area contributed by atoms with Crippen molar-refractivity contribution in [2.24, 2.45) is 0 Å². The summed E-state index contributed by atoms with van der Waals surface area (Å²) in [6, 6.07) is 23.0. The molecule has 1 atom stereocenters. The van der Waals surface area contributed by atoms with Crippen molar-refractivity contribution in [2.75, 3.05) is 31.4 Å². The molecule has 3 N–H and O–H groups in total. The number of hydrogen-bond acceptors (Lipinski definition) is 10. The molecule has 1 unspecified atom stereocenters. The highest BCUT2D eigenvalue weighted by molar-refractivity contribution is 8.00. The third kappa shape index (κ3) is 10.5. The van der Waals surface area contributed by atoms with E-state index in [1.165, 1.54) is 43.4 Å². The van der Waals surface area contributed by atoms with Crippen LogP contribution in [0.4, 0.5) is 15.5 Å². The van der Waals surface area contributed by atoms with Gasteiger partial charge in [0.25, 0.3) is 11.8 Å². The maximum atomic E-state index is 13.8. The van der Waals surface area contributed by atoms with Crippen LogP contribution in [0.5, 0.6) is 11.5 Å². The van der Waals surface area contributed by atoms with Gasteiger partial charge in [-0.3, -0.25) is 14.4 Å². The predicted molar refractivity (Wildman–Crippen MR) is 214 cm³/mol. The van der Waals surface area contributed by atoms with Crippen molar-refractivity contribution in [3.05, 3.63) is 106 Å². The van der Waals surface area contributed by atoms with Crippen LogP contribution in [0.2, 0.25) is 0 Å². The first-order valence-corrected chi connectivity index (χ1v) is 19.2. The summed E-state index contributed by atoms with van der Waals surface area (Å²) in [5, 5.41) is 18.5. The summed E-state index contributed by atoms with van der Waals surface area (Å²) < 4.78 is 16.4. The van der Waals surface area contributed by atoms with Gasteiger partial charge in [-0.1, -0.05) is 31.2 Å². The lowest BCUT2D eigenvalue weighted by atomic mass is 10.0. The van der Waals surface area contributed by atoms with E-state index in [1.54, 1.807) is 71.6 Å². The van der Waals surface area contributed by atoms with Crippen LogP contribution in [-0.4, -0.2) is 60.3 Å². The maximum absolute atomic E-state index is 13.8. The summed E-state index contributed by atoms with van der Waals surface area (Å²) in [6.45, 7) is 8.04. The zero-order valence-corrected chi connectivity index (χ0v) is 33.1. The Labute approximate surface area is 328 Å². The first-order valence-electron chi connectivity index (χ1n) is 17.5. The zero-order valence-electron chi connectivity index (χ0n) is 31.5. The molecule has 0 radical (unpaired) electrons. The largest absolute Gasteiger partial charge is 0.497 e. The number of carbonyl (C=O) groups is 4. The molecule has 0 fully saturated rings. The van der Waals surface area contributed by atoms with Gasteiger partial charge >= 0.3 is 6.09 Å². The number of carbonyl (C=O) groups excluding carboxylic acids is 4. The molecular formula is C41H43N5O7S2. The molecular weight excluding hydrogens is 739 g/mol. The van der Waals surface area contributed by atoms with E-state index in [4.69, 9.17) is 14.2 Å². The van der Waals surface area contributed by atoms with Crippen LogP contribution < -0.4 is 25.4 Å². The molecule has 1 aliphatic heterocycles. The normalized spacial score (nSPS) is 13.1. The first-order chi connectivity index (χ1) is 26.3. The fourth-order valence-corrected chi connectivity index (χ4v) is 7.90. The van der Waals surface area contributed by atoms with Crippen LogP contribution in [0.3, 0.4) is 0 Å². The Hall–Kier alpha value is -5.78. The molecule has 0 saturated carbocycles. The van der Waals surface area contributed by atoms with Crippen molar-refractivity contribution in [1.82, 2.24) is 10.2 Å². The van der Waals surface area contributed by atoms with Gasteiger partial charge in [0.05, 0.1) is 31.6 Å². The van der Waals surface area contributed by atoms with Crippen LogP contribution in [0.25, 0.3) is 6.08 Å². The topological polar surface area (TPSA) is 159 Å². The third-order valence-electron chi connectivity index (χ3n) is 8.36. The molecule has 0 bridgehead atoms. The summed E-state index contributed by atoms with van der Waals surface area (Å²) in [4.78, 5) is 56.5. The lowest BCUT2D eigenvalue weighted by Gasteiger charge is -2.29. The highest BCUT2D eigenvalue weighted by Gasteiger charge is 2.31. The highest BCUT2D eigenvalue weighted by Crippen LogP contribution is 2.38. The van der Waals surface area contributed by atoms with Gasteiger partial charge in [-0.25, -0.2) is 4.79 Å². The number of rotatable bonds is 12. The second kappa shape index (κ2) is 18.0.